The minimum atomic E-state index is -4.26. The average molecular weight is 860 g/mol. The highest BCUT2D eigenvalue weighted by Crippen LogP contribution is 2.38. The second-order valence-corrected chi connectivity index (χ2v) is 17.2. The third kappa shape index (κ3) is 14.4. The van der Waals surface area contributed by atoms with Crippen LogP contribution in [0.5, 0.6) is 17.2 Å². The molecule has 0 saturated heterocycles. The number of ether oxygens (including phenoxy) is 6. The van der Waals surface area contributed by atoms with E-state index in [-0.39, 0.29) is 68.6 Å². The van der Waals surface area contributed by atoms with E-state index >= 15 is 0 Å². The molecule has 1 atom stereocenters. The maximum Gasteiger partial charge on any atom is 0.387 e. The van der Waals surface area contributed by atoms with Gasteiger partial charge in [0, 0.05) is 12.0 Å². The summed E-state index contributed by atoms with van der Waals surface area (Å²) < 4.78 is 87.2. The van der Waals surface area contributed by atoms with Gasteiger partial charge < -0.3 is 33.6 Å². The smallest absolute Gasteiger partial charge is 0.387 e. The van der Waals surface area contributed by atoms with Crippen LogP contribution in [0.25, 0.3) is 0 Å². The normalized spacial score (nSPS) is 14.7. The topological polar surface area (TPSA) is 180 Å². The molecule has 0 bridgehead atoms. The van der Waals surface area contributed by atoms with Crippen LogP contribution >= 0.6 is 23.2 Å². The van der Waals surface area contributed by atoms with Crippen LogP contribution in [-0.4, -0.2) is 64.1 Å². The first-order chi connectivity index (χ1) is 26.8. The number of nitrogens with zero attached hydrogens (tertiary/aromatic N) is 1. The highest BCUT2D eigenvalue weighted by Gasteiger charge is 2.28. The molecule has 19 heteroatoms. The van der Waals surface area contributed by atoms with Crippen LogP contribution in [0.15, 0.2) is 48.8 Å². The van der Waals surface area contributed by atoms with Crippen molar-refractivity contribution in [2.75, 3.05) is 30.3 Å². The molecule has 5 rings (SSSR count). The van der Waals surface area contributed by atoms with Gasteiger partial charge in [-0.2, -0.15) is 13.5 Å². The first kappa shape index (κ1) is 43.5. The van der Waals surface area contributed by atoms with E-state index in [1.54, 1.807) is 20.8 Å². The Morgan fingerprint density at radius 3 is 2.11 bits per heavy atom. The van der Waals surface area contributed by atoms with Gasteiger partial charge in [0.05, 0.1) is 25.3 Å². The number of carbonyl (C=O) groups is 3. The van der Waals surface area contributed by atoms with Gasteiger partial charge >= 0.3 is 24.5 Å². The lowest BCUT2D eigenvalue weighted by Crippen LogP contribution is -2.31. The van der Waals surface area contributed by atoms with E-state index in [9.17, 15) is 36.8 Å². The summed E-state index contributed by atoms with van der Waals surface area (Å²) in [6.45, 7) is 1.41. The first-order valence-corrected chi connectivity index (χ1v) is 20.3. The molecule has 2 aromatic carbocycles. The third-order valence-electron chi connectivity index (χ3n) is 8.36. The SMILES string of the molecule is CC(C)(C)OC(=O)CS(=O)(=O)Nc1cc(CC(=O)OCC(=O)O[C@@H](Cc2c(Cl)c[n+]([O-])cc2Cl)c2ccc(OC(F)F)c(OCC3CC3)c2)ccc1OCC1CC1. The zero-order valence-electron chi connectivity index (χ0n) is 31.3. The molecule has 0 radical (unpaired) electrons. The van der Waals surface area contributed by atoms with Crippen molar-refractivity contribution < 1.29 is 64.7 Å². The largest absolute Gasteiger partial charge is 0.619 e. The van der Waals surface area contributed by atoms with Gasteiger partial charge in [0.25, 0.3) is 0 Å². The summed E-state index contributed by atoms with van der Waals surface area (Å²) >= 11 is 12.6. The van der Waals surface area contributed by atoms with Crippen LogP contribution in [0.1, 0.15) is 69.2 Å². The number of benzene rings is 2. The Labute approximate surface area is 338 Å². The number of esters is 3. The van der Waals surface area contributed by atoms with Crippen LogP contribution in [-0.2, 0) is 51.5 Å². The molecule has 0 aliphatic heterocycles. The van der Waals surface area contributed by atoms with Crippen molar-refractivity contribution in [2.45, 2.75) is 77.6 Å². The minimum Gasteiger partial charge on any atom is -0.619 e. The van der Waals surface area contributed by atoms with Crippen LogP contribution in [0.4, 0.5) is 14.5 Å². The monoisotopic (exact) mass is 858 g/mol. The molecule has 310 valence electrons. The maximum absolute atomic E-state index is 13.2. The molecular formula is C38H42Cl2F2N2O12S. The van der Waals surface area contributed by atoms with E-state index in [1.165, 1.54) is 36.4 Å². The molecule has 2 fully saturated rings. The van der Waals surface area contributed by atoms with E-state index in [4.69, 9.17) is 46.9 Å². The van der Waals surface area contributed by atoms with Crippen LogP contribution in [0.2, 0.25) is 10.0 Å². The molecule has 2 aliphatic rings. The summed E-state index contributed by atoms with van der Waals surface area (Å²) in [7, 11) is -4.26. The number of nitrogens with one attached hydrogen (secondary N) is 1. The average Bonchev–Trinajstić information content (AvgIpc) is 4.02. The van der Waals surface area contributed by atoms with Gasteiger partial charge in [-0.15, -0.1) is 0 Å². The minimum absolute atomic E-state index is 0.0158. The number of pyridine rings is 1. The summed E-state index contributed by atoms with van der Waals surface area (Å²) in [5, 5.41) is 11.8. The van der Waals surface area contributed by atoms with Crippen molar-refractivity contribution in [1.29, 1.82) is 0 Å². The van der Waals surface area contributed by atoms with Gasteiger partial charge in [-0.25, -0.2) is 13.2 Å². The number of hydrogen-bond acceptors (Lipinski definition) is 12. The summed E-state index contributed by atoms with van der Waals surface area (Å²) in [5.74, 6) is -3.31. The number of aromatic nitrogens is 1. The van der Waals surface area contributed by atoms with E-state index in [0.717, 1.165) is 38.1 Å². The van der Waals surface area contributed by atoms with E-state index in [1.807, 2.05) is 0 Å². The number of anilines is 1. The standard InChI is InChI=1S/C38H42Cl2F2N2O12S/c1-38(2,3)56-36(47)21-57(49,50)43-29-12-24(8-10-30(29)51-18-22-4-5-22)13-34(45)53-20-35(46)54-32(15-26-27(39)16-44(48)17-28(26)40)25-9-11-31(55-37(41)42)33(14-25)52-19-23-6-7-23/h8-12,14,16-17,22-23,32,37,43H,4-7,13,15,18-21H2,1-3H3/t32-/m0/s1. The highest BCUT2D eigenvalue weighted by molar-refractivity contribution is 7.93. The van der Waals surface area contributed by atoms with Crippen molar-refractivity contribution in [3.05, 3.63) is 80.7 Å². The van der Waals surface area contributed by atoms with Crippen LogP contribution in [0, 0.1) is 17.0 Å². The molecule has 2 saturated carbocycles. The Kier molecular flexibility index (Phi) is 14.3. The second-order valence-electron chi connectivity index (χ2n) is 14.7. The molecule has 3 aromatic rings. The molecule has 1 heterocycles. The highest BCUT2D eigenvalue weighted by atomic mass is 35.5. The predicted molar refractivity (Wildman–Crippen MR) is 202 cm³/mol. The quantitative estimate of drug-likeness (QED) is 0.0565. The van der Waals surface area contributed by atoms with E-state index in [0.29, 0.717) is 17.3 Å². The number of carbonyl (C=O) groups excluding carboxylic acids is 3. The zero-order chi connectivity index (χ0) is 41.5. The maximum atomic E-state index is 13.2. The fourth-order valence-corrected chi connectivity index (χ4v) is 6.86. The number of halogens is 4. The summed E-state index contributed by atoms with van der Waals surface area (Å²) in [5.41, 5.74) is -0.141. The first-order valence-electron chi connectivity index (χ1n) is 17.9. The molecule has 0 spiro atoms. The Morgan fingerprint density at radius 2 is 1.51 bits per heavy atom. The van der Waals surface area contributed by atoms with Gasteiger partial charge in [0.15, 0.2) is 36.3 Å². The Morgan fingerprint density at radius 1 is 0.895 bits per heavy atom. The number of hydrogen-bond donors (Lipinski definition) is 1. The molecule has 2 aliphatic carbocycles. The molecule has 57 heavy (non-hydrogen) atoms. The van der Waals surface area contributed by atoms with E-state index in [2.05, 4.69) is 9.46 Å². The number of sulfonamides is 1. The molecule has 14 nitrogen and oxygen atoms in total. The lowest BCUT2D eigenvalue weighted by Gasteiger charge is -2.21. The second kappa shape index (κ2) is 18.8. The zero-order valence-corrected chi connectivity index (χ0v) is 33.6. The van der Waals surface area contributed by atoms with Crippen molar-refractivity contribution in [3.63, 3.8) is 0 Å². The molecule has 0 amide bonds. The third-order valence-corrected chi connectivity index (χ3v) is 10.2. The van der Waals surface area contributed by atoms with Gasteiger partial charge in [-0.1, -0.05) is 35.3 Å². The lowest BCUT2D eigenvalue weighted by molar-refractivity contribution is -0.605. The molecule has 0 unspecified atom stereocenters. The molecule has 1 N–H and O–H groups in total. The van der Waals surface area contributed by atoms with Gasteiger partial charge in [-0.3, -0.25) is 14.3 Å². The van der Waals surface area contributed by atoms with Crippen molar-refractivity contribution in [1.82, 2.24) is 0 Å². The summed E-state index contributed by atoms with van der Waals surface area (Å²) in [6, 6.07) is 8.34. The summed E-state index contributed by atoms with van der Waals surface area (Å²) in [6.07, 6.45) is 4.11. The fraction of sp³-hybridized carbons (Fsp3) is 0.474. The van der Waals surface area contributed by atoms with Gasteiger partial charge in [0.1, 0.15) is 27.5 Å². The fourth-order valence-electron chi connectivity index (χ4n) is 5.33. The lowest BCUT2D eigenvalue weighted by atomic mass is 10.0. The number of alkyl halides is 2. The Hall–Kier alpha value is -4.61. The number of rotatable bonds is 20. The van der Waals surface area contributed by atoms with Crippen molar-refractivity contribution in [2.24, 2.45) is 11.8 Å². The molecular weight excluding hydrogens is 817 g/mol. The van der Waals surface area contributed by atoms with Crippen LogP contribution < -0.4 is 23.7 Å². The van der Waals surface area contributed by atoms with Gasteiger partial charge in [0.2, 0.25) is 10.0 Å². The van der Waals surface area contributed by atoms with Crippen molar-refractivity contribution in [3.8, 4) is 17.2 Å². The Balaban J connectivity index is 1.28. The van der Waals surface area contributed by atoms with E-state index < -0.39 is 65.0 Å². The van der Waals surface area contributed by atoms with Crippen molar-refractivity contribution >= 4 is 56.8 Å². The van der Waals surface area contributed by atoms with Crippen LogP contribution in [0.3, 0.4) is 0 Å². The molecule has 1 aromatic heterocycles. The summed E-state index contributed by atoms with van der Waals surface area (Å²) in [4.78, 5) is 38.4. The Bertz CT molecular complexity index is 2030. The van der Waals surface area contributed by atoms with Gasteiger partial charge in [-0.05, 0) is 93.7 Å². The predicted octanol–water partition coefficient (Wildman–Crippen LogP) is 6.50.